The van der Waals surface area contributed by atoms with E-state index in [1.54, 1.807) is 24.0 Å². The highest BCUT2D eigenvalue weighted by molar-refractivity contribution is 6.28. The molecule has 1 aliphatic rings. The van der Waals surface area contributed by atoms with Gasteiger partial charge in [-0.15, -0.1) is 0 Å². The minimum atomic E-state index is -1.99. The average Bonchev–Trinajstić information content (AvgIpc) is 3.41. The fourth-order valence-electron chi connectivity index (χ4n) is 3.59. The predicted molar refractivity (Wildman–Crippen MR) is 123 cm³/mol. The number of H-pyrrole nitrogens is 1. The number of anilines is 1. The number of amidine groups is 1. The SMILES string of the molecule is Cn1c(-c2c[nH]c3nccc(Oc4c(F)cc(NC5=NCC(F)(CO)CO5)cc4F)c23)cnc1Cl. The van der Waals surface area contributed by atoms with Gasteiger partial charge >= 0.3 is 0 Å². The molecule has 5 rings (SSSR count). The van der Waals surface area contributed by atoms with Crippen molar-refractivity contribution in [3.63, 3.8) is 0 Å². The summed E-state index contributed by atoms with van der Waals surface area (Å²) in [6, 6.07) is 3.34. The van der Waals surface area contributed by atoms with Gasteiger partial charge in [-0.1, -0.05) is 0 Å². The molecule has 1 unspecified atom stereocenters. The smallest absolute Gasteiger partial charge is 0.289 e. The van der Waals surface area contributed by atoms with Crippen LogP contribution in [0, 0.1) is 11.6 Å². The summed E-state index contributed by atoms with van der Waals surface area (Å²) >= 11 is 6.06. The average molecular weight is 507 g/mol. The van der Waals surface area contributed by atoms with Crippen molar-refractivity contribution in [1.82, 2.24) is 19.5 Å². The van der Waals surface area contributed by atoms with Gasteiger partial charge in [-0.2, -0.15) is 0 Å². The molecule has 0 spiro atoms. The molecule has 1 aromatic carbocycles. The van der Waals surface area contributed by atoms with Crippen LogP contribution in [0.4, 0.5) is 18.9 Å². The fraction of sp³-hybridized carbons (Fsp3) is 0.227. The van der Waals surface area contributed by atoms with Gasteiger partial charge in [0.05, 0.1) is 30.4 Å². The van der Waals surface area contributed by atoms with E-state index < -0.39 is 36.3 Å². The number of rotatable bonds is 5. The van der Waals surface area contributed by atoms with Gasteiger partial charge in [0.15, 0.2) is 23.1 Å². The molecule has 0 radical (unpaired) electrons. The van der Waals surface area contributed by atoms with Crippen molar-refractivity contribution in [3.05, 3.63) is 53.7 Å². The molecule has 3 aromatic heterocycles. The first-order valence-electron chi connectivity index (χ1n) is 10.3. The zero-order chi connectivity index (χ0) is 24.7. The van der Waals surface area contributed by atoms with Gasteiger partial charge in [0, 0.05) is 42.8 Å². The Labute approximate surface area is 201 Å². The Balaban J connectivity index is 1.45. The highest BCUT2D eigenvalue weighted by Gasteiger charge is 2.34. The monoisotopic (exact) mass is 506 g/mol. The molecule has 0 bridgehead atoms. The molecule has 0 saturated carbocycles. The summed E-state index contributed by atoms with van der Waals surface area (Å²) in [5.41, 5.74) is -0.302. The first-order valence-corrected chi connectivity index (χ1v) is 10.7. The lowest BCUT2D eigenvalue weighted by Gasteiger charge is -2.26. The second kappa shape index (κ2) is 8.78. The van der Waals surface area contributed by atoms with E-state index in [9.17, 15) is 13.2 Å². The van der Waals surface area contributed by atoms with E-state index in [4.69, 9.17) is 26.2 Å². The summed E-state index contributed by atoms with van der Waals surface area (Å²) < 4.78 is 56.2. The van der Waals surface area contributed by atoms with E-state index in [0.29, 0.717) is 22.3 Å². The number of aromatic nitrogens is 4. The van der Waals surface area contributed by atoms with E-state index >= 15 is 0 Å². The Bertz CT molecular complexity index is 1430. The first kappa shape index (κ1) is 23.0. The molecule has 9 nitrogen and oxygen atoms in total. The fourth-order valence-corrected chi connectivity index (χ4v) is 3.73. The van der Waals surface area contributed by atoms with Crippen LogP contribution < -0.4 is 10.1 Å². The number of hydrogen-bond donors (Lipinski definition) is 3. The lowest BCUT2D eigenvalue weighted by molar-refractivity contribution is 0.0181. The molecule has 13 heteroatoms. The molecule has 35 heavy (non-hydrogen) atoms. The molecule has 0 fully saturated rings. The quantitative estimate of drug-likeness (QED) is 0.374. The predicted octanol–water partition coefficient (Wildman–Crippen LogP) is 4.19. The Morgan fingerprint density at radius 1 is 1.31 bits per heavy atom. The summed E-state index contributed by atoms with van der Waals surface area (Å²) in [4.78, 5) is 15.1. The van der Waals surface area contributed by atoms with E-state index in [1.807, 2.05) is 0 Å². The van der Waals surface area contributed by atoms with Crippen molar-refractivity contribution >= 4 is 34.3 Å². The standard InChI is InChI=1S/C22H18ClF3N6O3/c1-32-15(7-29-20(32)23)12-6-28-19-17(12)16(2-3-27-19)35-18-13(24)4-11(5-14(18)25)31-21-30-8-22(26,9-33)10-34-21/h2-7,33H,8-10H2,1H3,(H,27,28)(H,30,31). The molecule has 0 aliphatic carbocycles. The first-order chi connectivity index (χ1) is 16.8. The lowest BCUT2D eigenvalue weighted by atomic mass is 10.1. The van der Waals surface area contributed by atoms with Crippen LogP contribution in [-0.4, -0.2) is 56.1 Å². The molecule has 4 aromatic rings. The molecule has 182 valence electrons. The molecular formula is C22H18ClF3N6O3. The molecule has 1 aliphatic heterocycles. The van der Waals surface area contributed by atoms with Crippen LogP contribution >= 0.6 is 11.6 Å². The third-order valence-corrected chi connectivity index (χ3v) is 5.81. The van der Waals surface area contributed by atoms with E-state index in [2.05, 4.69) is 25.3 Å². The molecule has 1 atom stereocenters. The van der Waals surface area contributed by atoms with Crippen LogP contribution in [0.1, 0.15) is 0 Å². The Kier molecular flexibility index (Phi) is 5.77. The number of imidazole rings is 1. The highest BCUT2D eigenvalue weighted by atomic mass is 35.5. The highest BCUT2D eigenvalue weighted by Crippen LogP contribution is 2.39. The van der Waals surface area contributed by atoms with Crippen molar-refractivity contribution in [2.24, 2.45) is 12.0 Å². The summed E-state index contributed by atoms with van der Waals surface area (Å²) in [5.74, 6) is -2.47. The van der Waals surface area contributed by atoms with Crippen molar-refractivity contribution in [3.8, 4) is 22.8 Å². The summed E-state index contributed by atoms with van der Waals surface area (Å²) in [5, 5.41) is 12.4. The number of aromatic amines is 1. The van der Waals surface area contributed by atoms with Gasteiger partial charge in [0.2, 0.25) is 5.28 Å². The van der Waals surface area contributed by atoms with Crippen LogP contribution in [0.15, 0.2) is 41.8 Å². The Hall–Kier alpha value is -3.77. The number of nitrogens with zero attached hydrogens (tertiary/aromatic N) is 4. The molecule has 0 saturated heterocycles. The molecular weight excluding hydrogens is 489 g/mol. The Morgan fingerprint density at radius 2 is 2.09 bits per heavy atom. The van der Waals surface area contributed by atoms with Gasteiger partial charge < -0.3 is 29.4 Å². The number of alkyl halides is 1. The van der Waals surface area contributed by atoms with Crippen LogP contribution in [-0.2, 0) is 11.8 Å². The minimum Gasteiger partial charge on any atom is -0.461 e. The third kappa shape index (κ3) is 4.26. The minimum absolute atomic E-state index is 0.0202. The van der Waals surface area contributed by atoms with Gasteiger partial charge in [0.25, 0.3) is 6.02 Å². The van der Waals surface area contributed by atoms with E-state index in [0.717, 1.165) is 12.1 Å². The van der Waals surface area contributed by atoms with Gasteiger partial charge in [-0.3, -0.25) is 0 Å². The van der Waals surface area contributed by atoms with E-state index in [1.165, 1.54) is 12.3 Å². The number of aliphatic imine (C=N–C) groups is 1. The summed E-state index contributed by atoms with van der Waals surface area (Å²) in [7, 11) is 1.73. The second-order valence-electron chi connectivity index (χ2n) is 7.92. The van der Waals surface area contributed by atoms with Crippen molar-refractivity contribution in [2.75, 3.05) is 25.1 Å². The number of hydrogen-bond acceptors (Lipinski definition) is 7. The van der Waals surface area contributed by atoms with Crippen LogP contribution in [0.5, 0.6) is 11.5 Å². The number of pyridine rings is 1. The maximum atomic E-state index is 14.9. The van der Waals surface area contributed by atoms with Gasteiger partial charge in [-0.25, -0.2) is 28.1 Å². The topological polar surface area (TPSA) is 110 Å². The molecule has 0 amide bonds. The number of aliphatic hydroxyl groups excluding tert-OH is 1. The second-order valence-corrected chi connectivity index (χ2v) is 8.26. The van der Waals surface area contributed by atoms with Gasteiger partial charge in [-0.05, 0) is 17.7 Å². The van der Waals surface area contributed by atoms with Crippen LogP contribution in [0.2, 0.25) is 5.28 Å². The molecule has 3 N–H and O–H groups in total. The zero-order valence-corrected chi connectivity index (χ0v) is 18.9. The third-order valence-electron chi connectivity index (χ3n) is 5.46. The Morgan fingerprint density at radius 3 is 2.71 bits per heavy atom. The maximum Gasteiger partial charge on any atom is 0.289 e. The summed E-state index contributed by atoms with van der Waals surface area (Å²) in [6.45, 7) is -1.55. The molecule has 4 heterocycles. The van der Waals surface area contributed by atoms with Crippen molar-refractivity contribution in [2.45, 2.75) is 5.67 Å². The number of ether oxygens (including phenoxy) is 2. The van der Waals surface area contributed by atoms with Crippen molar-refractivity contribution < 1.29 is 27.8 Å². The number of halogens is 4. The van der Waals surface area contributed by atoms with Crippen molar-refractivity contribution in [1.29, 1.82) is 0 Å². The van der Waals surface area contributed by atoms with E-state index in [-0.39, 0.29) is 29.3 Å². The summed E-state index contributed by atoms with van der Waals surface area (Å²) in [6.07, 6.45) is 4.67. The number of nitrogens with one attached hydrogen (secondary N) is 2. The van der Waals surface area contributed by atoms with Crippen LogP contribution in [0.3, 0.4) is 0 Å². The number of aliphatic hydroxyl groups is 1. The van der Waals surface area contributed by atoms with Crippen LogP contribution in [0.25, 0.3) is 22.3 Å². The lowest BCUT2D eigenvalue weighted by Crippen LogP contribution is -2.43. The maximum absolute atomic E-state index is 14.9. The number of fused-ring (bicyclic) bond motifs is 1. The normalized spacial score (nSPS) is 17.8. The zero-order valence-electron chi connectivity index (χ0n) is 18.1. The number of benzene rings is 1. The largest absolute Gasteiger partial charge is 0.461 e. The van der Waals surface area contributed by atoms with Gasteiger partial charge in [0.1, 0.15) is 18.0 Å².